The van der Waals surface area contributed by atoms with Crippen molar-refractivity contribution in [2.24, 2.45) is 11.8 Å². The van der Waals surface area contributed by atoms with E-state index in [-0.39, 0.29) is 0 Å². The predicted octanol–water partition coefficient (Wildman–Crippen LogP) is 2.30. The Kier molecular flexibility index (Phi) is 4.22. The minimum atomic E-state index is 0.373. The molecule has 2 saturated carbocycles. The number of hydrogen-bond acceptors (Lipinski definition) is 3. The number of likely N-dealkylation sites (N-methyl/N-ethyl adjacent to an activating group) is 1. The van der Waals surface area contributed by atoms with Gasteiger partial charge in [0.05, 0.1) is 19.3 Å². The van der Waals surface area contributed by atoms with Crippen molar-refractivity contribution in [2.75, 3.05) is 33.4 Å². The predicted molar refractivity (Wildman–Crippen MR) is 71.7 cm³/mol. The van der Waals surface area contributed by atoms with Gasteiger partial charge in [0.1, 0.15) is 0 Å². The van der Waals surface area contributed by atoms with Crippen molar-refractivity contribution in [2.45, 2.75) is 50.7 Å². The van der Waals surface area contributed by atoms with E-state index in [0.717, 1.165) is 44.2 Å². The van der Waals surface area contributed by atoms with Gasteiger partial charge in [-0.25, -0.2) is 0 Å². The van der Waals surface area contributed by atoms with Crippen molar-refractivity contribution >= 4 is 0 Å². The van der Waals surface area contributed by atoms with Crippen molar-refractivity contribution in [3.8, 4) is 0 Å². The van der Waals surface area contributed by atoms with Crippen LogP contribution in [0, 0.1) is 11.8 Å². The maximum absolute atomic E-state index is 5.77. The number of hydrogen-bond donors (Lipinski definition) is 0. The first-order valence-electron chi connectivity index (χ1n) is 7.74. The minimum absolute atomic E-state index is 0.373. The van der Waals surface area contributed by atoms with E-state index in [9.17, 15) is 0 Å². The molecular weight excluding hydrogens is 226 g/mol. The van der Waals surface area contributed by atoms with Crippen LogP contribution in [0.1, 0.15) is 38.5 Å². The minimum Gasteiger partial charge on any atom is -0.377 e. The highest BCUT2D eigenvalue weighted by atomic mass is 16.5. The quantitative estimate of drug-likeness (QED) is 0.620. The van der Waals surface area contributed by atoms with Crippen LogP contribution in [0.2, 0.25) is 0 Å². The molecule has 3 nitrogen and oxygen atoms in total. The van der Waals surface area contributed by atoms with Gasteiger partial charge in [0.25, 0.3) is 0 Å². The van der Waals surface area contributed by atoms with Crippen LogP contribution in [-0.4, -0.2) is 50.5 Å². The molecule has 0 bridgehead atoms. The summed E-state index contributed by atoms with van der Waals surface area (Å²) in [5.74, 6) is 2.00. The first-order valence-corrected chi connectivity index (χ1v) is 7.74. The fourth-order valence-corrected chi connectivity index (χ4v) is 3.33. The second kappa shape index (κ2) is 5.89. The summed E-state index contributed by atoms with van der Waals surface area (Å²) in [7, 11) is 2.29. The Labute approximate surface area is 111 Å². The summed E-state index contributed by atoms with van der Waals surface area (Å²) in [4.78, 5) is 2.56. The largest absolute Gasteiger partial charge is 0.377 e. The zero-order chi connectivity index (χ0) is 12.4. The van der Waals surface area contributed by atoms with E-state index >= 15 is 0 Å². The van der Waals surface area contributed by atoms with Gasteiger partial charge in [-0.3, -0.25) is 0 Å². The highest BCUT2D eigenvalue weighted by molar-refractivity contribution is 4.96. The van der Waals surface area contributed by atoms with Gasteiger partial charge in [-0.15, -0.1) is 0 Å². The molecule has 1 saturated heterocycles. The Bertz CT molecular complexity index is 245. The van der Waals surface area contributed by atoms with Gasteiger partial charge in [0, 0.05) is 19.2 Å². The van der Waals surface area contributed by atoms with Crippen molar-refractivity contribution in [3.05, 3.63) is 0 Å². The zero-order valence-electron chi connectivity index (χ0n) is 11.6. The van der Waals surface area contributed by atoms with Crippen molar-refractivity contribution < 1.29 is 9.47 Å². The van der Waals surface area contributed by atoms with Crippen LogP contribution in [0.15, 0.2) is 0 Å². The molecule has 1 heterocycles. The third-order valence-corrected chi connectivity index (χ3v) is 4.64. The maximum atomic E-state index is 5.77. The first-order chi connectivity index (χ1) is 8.84. The highest BCUT2D eigenvalue weighted by Gasteiger charge is 2.43. The highest BCUT2D eigenvalue weighted by Crippen LogP contribution is 2.46. The molecule has 1 atom stereocenters. The molecule has 0 amide bonds. The fraction of sp³-hybridized carbons (Fsp3) is 1.00. The Balaban J connectivity index is 1.31. The Morgan fingerprint density at radius 2 is 1.89 bits per heavy atom. The van der Waals surface area contributed by atoms with Gasteiger partial charge in [-0.1, -0.05) is 0 Å². The third kappa shape index (κ3) is 3.46. The second-order valence-electron chi connectivity index (χ2n) is 6.36. The molecule has 3 fully saturated rings. The van der Waals surface area contributed by atoms with Crippen molar-refractivity contribution in [3.63, 3.8) is 0 Å². The van der Waals surface area contributed by atoms with Crippen LogP contribution < -0.4 is 0 Å². The van der Waals surface area contributed by atoms with Crippen LogP contribution in [0.3, 0.4) is 0 Å². The van der Waals surface area contributed by atoms with E-state index in [1.165, 1.54) is 38.5 Å². The van der Waals surface area contributed by atoms with E-state index in [1.54, 1.807) is 0 Å². The van der Waals surface area contributed by atoms with Crippen LogP contribution in [0.5, 0.6) is 0 Å². The molecule has 3 heteroatoms. The van der Waals surface area contributed by atoms with Gasteiger partial charge in [-0.2, -0.15) is 0 Å². The van der Waals surface area contributed by atoms with E-state index in [4.69, 9.17) is 9.47 Å². The first kappa shape index (κ1) is 12.9. The van der Waals surface area contributed by atoms with Gasteiger partial charge < -0.3 is 14.4 Å². The normalized spacial score (nSPS) is 28.5. The molecule has 18 heavy (non-hydrogen) atoms. The van der Waals surface area contributed by atoms with Crippen molar-refractivity contribution in [1.82, 2.24) is 4.90 Å². The zero-order valence-corrected chi connectivity index (χ0v) is 11.6. The van der Waals surface area contributed by atoms with Gasteiger partial charge in [0.15, 0.2) is 0 Å². The summed E-state index contributed by atoms with van der Waals surface area (Å²) in [5.41, 5.74) is 0. The van der Waals surface area contributed by atoms with Gasteiger partial charge in [0.2, 0.25) is 0 Å². The average Bonchev–Trinajstić information content (AvgIpc) is 3.29. The number of nitrogens with zero attached hydrogens (tertiary/aromatic N) is 1. The third-order valence-electron chi connectivity index (χ3n) is 4.64. The summed E-state index contributed by atoms with van der Waals surface area (Å²) >= 11 is 0. The molecule has 0 aromatic heterocycles. The molecule has 0 aromatic carbocycles. The lowest BCUT2D eigenvalue weighted by atomic mass is 10.1. The number of ether oxygens (including phenoxy) is 2. The fourth-order valence-electron chi connectivity index (χ4n) is 3.33. The lowest BCUT2D eigenvalue weighted by molar-refractivity contribution is 0.00778. The summed E-state index contributed by atoms with van der Waals surface area (Å²) in [6.07, 6.45) is 8.61. The molecule has 0 N–H and O–H groups in total. The molecule has 104 valence electrons. The van der Waals surface area contributed by atoms with Crippen LogP contribution in [0.25, 0.3) is 0 Å². The maximum Gasteiger partial charge on any atom is 0.0809 e. The Morgan fingerprint density at radius 3 is 2.44 bits per heavy atom. The van der Waals surface area contributed by atoms with E-state index < -0.39 is 0 Å². The summed E-state index contributed by atoms with van der Waals surface area (Å²) in [6.45, 7) is 3.68. The van der Waals surface area contributed by atoms with Crippen molar-refractivity contribution in [1.29, 1.82) is 0 Å². The van der Waals surface area contributed by atoms with Gasteiger partial charge in [-0.05, 0) is 57.4 Å². The van der Waals surface area contributed by atoms with E-state index in [1.807, 2.05) is 0 Å². The summed E-state index contributed by atoms with van der Waals surface area (Å²) in [5, 5.41) is 0. The topological polar surface area (TPSA) is 21.7 Å². The summed E-state index contributed by atoms with van der Waals surface area (Å²) < 4.78 is 11.3. The van der Waals surface area contributed by atoms with Crippen LogP contribution in [-0.2, 0) is 9.47 Å². The molecule has 0 aromatic rings. The molecular formula is C15H27NO2. The molecule has 3 aliphatic rings. The second-order valence-corrected chi connectivity index (χ2v) is 6.36. The molecule has 2 aliphatic carbocycles. The van der Waals surface area contributed by atoms with E-state index in [2.05, 4.69) is 11.9 Å². The smallest absolute Gasteiger partial charge is 0.0809 e. The summed E-state index contributed by atoms with van der Waals surface area (Å²) in [6, 6.07) is 0.858. The SMILES string of the molecule is CN(CCOC[C@@H]1CCCO1)C(C1CC1)C1CC1. The lowest BCUT2D eigenvalue weighted by Crippen LogP contribution is -2.37. The molecule has 1 aliphatic heterocycles. The molecule has 0 radical (unpaired) electrons. The molecule has 3 rings (SSSR count). The van der Waals surface area contributed by atoms with E-state index in [0.29, 0.717) is 6.10 Å². The van der Waals surface area contributed by atoms with Crippen LogP contribution in [0.4, 0.5) is 0 Å². The molecule has 0 spiro atoms. The number of rotatable bonds is 8. The Hall–Kier alpha value is -0.120. The van der Waals surface area contributed by atoms with Gasteiger partial charge >= 0.3 is 0 Å². The molecule has 0 unspecified atom stereocenters. The lowest BCUT2D eigenvalue weighted by Gasteiger charge is -2.28. The average molecular weight is 253 g/mol. The standard InChI is InChI=1S/C15H27NO2/c1-16(15(12-4-5-12)13-6-7-13)8-10-17-11-14-3-2-9-18-14/h12-15H,2-11H2,1H3/t14-/m0/s1. The van der Waals surface area contributed by atoms with Crippen LogP contribution >= 0.6 is 0 Å². The Morgan fingerprint density at radius 1 is 1.17 bits per heavy atom. The monoisotopic (exact) mass is 253 g/mol.